The van der Waals surface area contributed by atoms with E-state index >= 15 is 0 Å². The predicted octanol–water partition coefficient (Wildman–Crippen LogP) is 2.59. The van der Waals surface area contributed by atoms with Gasteiger partial charge in [-0.1, -0.05) is 12.1 Å². The Balaban J connectivity index is 2.03. The fraction of sp³-hybridized carbons (Fsp3) is 0.467. The standard InChI is InChI=1S/C15H20N2O2S2/c1-10-5-4-6-12(11(10)2)16-15(20)17-7-8-21-13(9-17)14(18)19-3/h4-6,13H,7-9H2,1-3H3,(H,16,20)/t13-/m1/s1. The zero-order chi connectivity index (χ0) is 15.4. The van der Waals surface area contributed by atoms with Crippen LogP contribution in [0.25, 0.3) is 0 Å². The van der Waals surface area contributed by atoms with E-state index in [9.17, 15) is 4.79 Å². The van der Waals surface area contributed by atoms with Gasteiger partial charge < -0.3 is 15.0 Å². The average Bonchev–Trinajstić information content (AvgIpc) is 2.51. The molecule has 0 spiro atoms. The van der Waals surface area contributed by atoms with Gasteiger partial charge in [0, 0.05) is 24.5 Å². The van der Waals surface area contributed by atoms with Crippen LogP contribution in [0.3, 0.4) is 0 Å². The molecule has 2 rings (SSSR count). The topological polar surface area (TPSA) is 41.6 Å². The van der Waals surface area contributed by atoms with Gasteiger partial charge in [-0.3, -0.25) is 4.79 Å². The summed E-state index contributed by atoms with van der Waals surface area (Å²) in [5, 5.41) is 3.79. The van der Waals surface area contributed by atoms with E-state index in [1.807, 2.05) is 17.0 Å². The third-order valence-electron chi connectivity index (χ3n) is 3.66. The Morgan fingerprint density at radius 3 is 2.95 bits per heavy atom. The second kappa shape index (κ2) is 7.13. The lowest BCUT2D eigenvalue weighted by Crippen LogP contribution is -2.46. The number of benzene rings is 1. The number of anilines is 1. The van der Waals surface area contributed by atoms with Crippen LogP contribution in [0.5, 0.6) is 0 Å². The highest BCUT2D eigenvalue weighted by Crippen LogP contribution is 2.22. The molecule has 0 radical (unpaired) electrons. The smallest absolute Gasteiger partial charge is 0.320 e. The lowest BCUT2D eigenvalue weighted by atomic mass is 10.1. The molecule has 1 aromatic rings. The molecule has 4 nitrogen and oxygen atoms in total. The number of hydrogen-bond acceptors (Lipinski definition) is 4. The Morgan fingerprint density at radius 1 is 1.48 bits per heavy atom. The van der Waals surface area contributed by atoms with Crippen LogP contribution >= 0.6 is 24.0 Å². The number of carbonyl (C=O) groups is 1. The van der Waals surface area contributed by atoms with Crippen molar-refractivity contribution in [3.63, 3.8) is 0 Å². The van der Waals surface area contributed by atoms with Gasteiger partial charge in [0.1, 0.15) is 5.25 Å². The van der Waals surface area contributed by atoms with E-state index in [-0.39, 0.29) is 11.2 Å². The number of esters is 1. The zero-order valence-corrected chi connectivity index (χ0v) is 14.1. The van der Waals surface area contributed by atoms with E-state index in [1.54, 1.807) is 11.8 Å². The van der Waals surface area contributed by atoms with Crippen molar-refractivity contribution in [3.8, 4) is 0 Å². The number of thioether (sulfide) groups is 1. The van der Waals surface area contributed by atoms with Gasteiger partial charge >= 0.3 is 5.97 Å². The quantitative estimate of drug-likeness (QED) is 0.666. The van der Waals surface area contributed by atoms with Crippen molar-refractivity contribution in [3.05, 3.63) is 29.3 Å². The summed E-state index contributed by atoms with van der Waals surface area (Å²) in [4.78, 5) is 13.7. The summed E-state index contributed by atoms with van der Waals surface area (Å²) in [5.74, 6) is 0.688. The Bertz CT molecular complexity index is 548. The van der Waals surface area contributed by atoms with Gasteiger partial charge in [0.2, 0.25) is 0 Å². The third kappa shape index (κ3) is 3.89. The molecule has 0 amide bonds. The Morgan fingerprint density at radius 2 is 2.24 bits per heavy atom. The van der Waals surface area contributed by atoms with Crippen LogP contribution in [0, 0.1) is 13.8 Å². The number of nitrogens with one attached hydrogen (secondary N) is 1. The van der Waals surface area contributed by atoms with Gasteiger partial charge in [0.25, 0.3) is 0 Å². The van der Waals surface area contributed by atoms with E-state index in [0.717, 1.165) is 18.0 Å². The number of rotatable bonds is 2. The summed E-state index contributed by atoms with van der Waals surface area (Å²) < 4.78 is 4.82. The predicted molar refractivity (Wildman–Crippen MR) is 92.0 cm³/mol. The molecule has 1 N–H and O–H groups in total. The lowest BCUT2D eigenvalue weighted by molar-refractivity contribution is -0.140. The van der Waals surface area contributed by atoms with Gasteiger partial charge in [0.05, 0.1) is 7.11 Å². The normalized spacial score (nSPS) is 18.2. The van der Waals surface area contributed by atoms with Gasteiger partial charge in [0.15, 0.2) is 5.11 Å². The zero-order valence-electron chi connectivity index (χ0n) is 12.5. The number of hydrogen-bond donors (Lipinski definition) is 1. The molecule has 1 atom stereocenters. The molecule has 1 aliphatic rings. The first-order valence-electron chi connectivity index (χ1n) is 6.84. The minimum absolute atomic E-state index is 0.165. The maximum Gasteiger partial charge on any atom is 0.320 e. The summed E-state index contributed by atoms with van der Waals surface area (Å²) in [6.07, 6.45) is 0. The molecule has 0 unspecified atom stereocenters. The van der Waals surface area contributed by atoms with Crippen LogP contribution < -0.4 is 5.32 Å². The molecule has 0 saturated carbocycles. The summed E-state index contributed by atoms with van der Waals surface area (Å²) in [6.45, 7) is 5.58. The molecule has 1 heterocycles. The van der Waals surface area contributed by atoms with E-state index < -0.39 is 0 Å². The van der Waals surface area contributed by atoms with Crippen LogP contribution in [0.1, 0.15) is 11.1 Å². The van der Waals surface area contributed by atoms with Crippen molar-refractivity contribution in [1.82, 2.24) is 4.90 Å². The van der Waals surface area contributed by atoms with E-state index in [1.165, 1.54) is 18.2 Å². The molecule has 114 valence electrons. The largest absolute Gasteiger partial charge is 0.468 e. The van der Waals surface area contributed by atoms with Crippen LogP contribution in [0.4, 0.5) is 5.69 Å². The molecule has 1 aromatic carbocycles. The molecule has 1 aliphatic heterocycles. The van der Waals surface area contributed by atoms with Crippen LogP contribution in [-0.4, -0.2) is 47.2 Å². The molecular formula is C15H20N2O2S2. The Labute approximate surface area is 135 Å². The molecular weight excluding hydrogens is 304 g/mol. The Kier molecular flexibility index (Phi) is 5.47. The molecule has 1 fully saturated rings. The lowest BCUT2D eigenvalue weighted by Gasteiger charge is -2.33. The maximum absolute atomic E-state index is 11.7. The highest BCUT2D eigenvalue weighted by Gasteiger charge is 2.28. The maximum atomic E-state index is 11.7. The van der Waals surface area contributed by atoms with Crippen molar-refractivity contribution in [2.24, 2.45) is 0 Å². The Hall–Kier alpha value is -1.27. The molecule has 6 heteroatoms. The second-order valence-corrected chi connectivity index (χ2v) is 6.70. The first kappa shape index (κ1) is 16.1. The SMILES string of the molecule is COC(=O)[C@H]1CN(C(=S)Nc2cccc(C)c2C)CCS1. The number of carbonyl (C=O) groups excluding carboxylic acids is 1. The number of ether oxygens (including phenoxy) is 1. The number of aryl methyl sites for hydroxylation is 1. The summed E-state index contributed by atoms with van der Waals surface area (Å²) >= 11 is 7.11. The number of thiocarbonyl (C=S) groups is 1. The molecule has 21 heavy (non-hydrogen) atoms. The van der Waals surface area contributed by atoms with Crippen molar-refractivity contribution in [2.75, 3.05) is 31.3 Å². The third-order valence-corrected chi connectivity index (χ3v) is 5.19. The molecule has 1 saturated heterocycles. The summed E-state index contributed by atoms with van der Waals surface area (Å²) in [5.41, 5.74) is 3.44. The van der Waals surface area contributed by atoms with Crippen LogP contribution in [0.15, 0.2) is 18.2 Å². The highest BCUT2D eigenvalue weighted by molar-refractivity contribution is 8.00. The molecule has 0 aliphatic carbocycles. The van der Waals surface area contributed by atoms with Gasteiger partial charge in [-0.05, 0) is 43.3 Å². The van der Waals surface area contributed by atoms with Crippen molar-refractivity contribution < 1.29 is 9.53 Å². The molecule has 0 bridgehead atoms. The monoisotopic (exact) mass is 324 g/mol. The fourth-order valence-corrected chi connectivity index (χ4v) is 3.59. The minimum Gasteiger partial charge on any atom is -0.468 e. The second-order valence-electron chi connectivity index (χ2n) is 5.01. The van der Waals surface area contributed by atoms with Crippen LogP contribution in [0.2, 0.25) is 0 Å². The summed E-state index contributed by atoms with van der Waals surface area (Å²) in [7, 11) is 1.43. The average molecular weight is 324 g/mol. The highest BCUT2D eigenvalue weighted by atomic mass is 32.2. The first-order valence-corrected chi connectivity index (χ1v) is 8.30. The fourth-order valence-electron chi connectivity index (χ4n) is 2.19. The number of nitrogens with zero attached hydrogens (tertiary/aromatic N) is 1. The summed E-state index contributed by atoms with van der Waals surface area (Å²) in [6, 6.07) is 6.11. The van der Waals surface area contributed by atoms with Gasteiger partial charge in [-0.2, -0.15) is 0 Å². The van der Waals surface area contributed by atoms with Gasteiger partial charge in [-0.25, -0.2) is 0 Å². The van der Waals surface area contributed by atoms with E-state index in [2.05, 4.69) is 25.2 Å². The van der Waals surface area contributed by atoms with E-state index in [0.29, 0.717) is 11.7 Å². The van der Waals surface area contributed by atoms with Crippen molar-refractivity contribution in [1.29, 1.82) is 0 Å². The van der Waals surface area contributed by atoms with Crippen molar-refractivity contribution in [2.45, 2.75) is 19.1 Å². The number of methoxy groups -OCH3 is 1. The first-order chi connectivity index (χ1) is 10.0. The van der Waals surface area contributed by atoms with Gasteiger partial charge in [-0.15, -0.1) is 11.8 Å². The van der Waals surface area contributed by atoms with Crippen LogP contribution in [-0.2, 0) is 9.53 Å². The minimum atomic E-state index is -0.181. The van der Waals surface area contributed by atoms with E-state index in [4.69, 9.17) is 17.0 Å². The van der Waals surface area contributed by atoms with Crippen molar-refractivity contribution >= 4 is 40.7 Å². The molecule has 0 aromatic heterocycles.